The minimum atomic E-state index is -0.569. The number of aliphatic hydroxyl groups excluding tert-OH is 1. The van der Waals surface area contributed by atoms with Gasteiger partial charge in [-0.25, -0.2) is 9.97 Å². The summed E-state index contributed by atoms with van der Waals surface area (Å²) in [5.74, 6) is 1.57. The number of anilines is 4. The maximum atomic E-state index is 11.8. The minimum absolute atomic E-state index is 0.0468. The lowest BCUT2D eigenvalue weighted by molar-refractivity contribution is -0.121. The number of carbonyl (C=O) groups is 1. The van der Waals surface area contributed by atoms with Crippen LogP contribution >= 0.6 is 0 Å². The molecule has 6 heterocycles. The van der Waals surface area contributed by atoms with Gasteiger partial charge in [0, 0.05) is 54.6 Å². The molecule has 1 atom stereocenters. The highest BCUT2D eigenvalue weighted by Gasteiger charge is 2.23. The third kappa shape index (κ3) is 3.79. The zero-order chi connectivity index (χ0) is 24.1. The zero-order valence-corrected chi connectivity index (χ0v) is 19.2. The fourth-order valence-corrected chi connectivity index (χ4v) is 4.71. The lowest BCUT2D eigenvalue weighted by atomic mass is 9.98. The standard InChI is InChI=1S/C24H25N9O2/c1-12-15(9-29-23-18(34)3-5-27-22(12)23)17-6-13-7-19(28-10-16(13)24(25)30-17)31-20-8-14-2-4-26-21(35)11-33(14)32-20/h6-10,18,27,34H,2-5,11H2,1H3,(H2,25,30)(H,26,35)(H,28,31,32)/t18-/m1/s1. The number of carbonyl (C=O) groups excluding carboxylic acids is 1. The molecule has 178 valence electrons. The third-order valence-corrected chi connectivity index (χ3v) is 6.54. The molecular weight excluding hydrogens is 446 g/mol. The highest BCUT2D eigenvalue weighted by molar-refractivity contribution is 5.95. The topological polar surface area (TPSA) is 156 Å². The molecule has 2 aliphatic heterocycles. The van der Waals surface area contributed by atoms with Crippen LogP contribution < -0.4 is 21.7 Å². The Morgan fingerprint density at radius 2 is 2.03 bits per heavy atom. The monoisotopic (exact) mass is 471 g/mol. The lowest BCUT2D eigenvalue weighted by Crippen LogP contribution is -2.25. The summed E-state index contributed by atoms with van der Waals surface area (Å²) >= 11 is 0. The number of pyridine rings is 3. The highest BCUT2D eigenvalue weighted by Crippen LogP contribution is 2.36. The zero-order valence-electron chi connectivity index (χ0n) is 19.2. The summed E-state index contributed by atoms with van der Waals surface area (Å²) in [6, 6.07) is 5.79. The van der Waals surface area contributed by atoms with Gasteiger partial charge in [-0.3, -0.25) is 14.5 Å². The van der Waals surface area contributed by atoms with Gasteiger partial charge >= 0.3 is 0 Å². The van der Waals surface area contributed by atoms with E-state index in [1.54, 1.807) is 17.1 Å². The van der Waals surface area contributed by atoms with E-state index in [4.69, 9.17) is 5.73 Å². The van der Waals surface area contributed by atoms with Crippen LogP contribution in [-0.4, -0.2) is 48.8 Å². The van der Waals surface area contributed by atoms with Crippen molar-refractivity contribution in [2.45, 2.75) is 32.4 Å². The van der Waals surface area contributed by atoms with Gasteiger partial charge in [-0.1, -0.05) is 0 Å². The molecule has 11 heteroatoms. The van der Waals surface area contributed by atoms with Gasteiger partial charge in [0.15, 0.2) is 5.82 Å². The number of hydrogen-bond donors (Lipinski definition) is 5. The summed E-state index contributed by atoms with van der Waals surface area (Å²) in [4.78, 5) is 25.4. The normalized spacial score (nSPS) is 17.2. The minimum Gasteiger partial charge on any atom is -0.387 e. The number of nitrogens with zero attached hydrogens (tertiary/aromatic N) is 5. The molecule has 11 nitrogen and oxygen atoms in total. The van der Waals surface area contributed by atoms with Crippen LogP contribution in [0.1, 0.15) is 29.5 Å². The molecule has 4 aromatic rings. The number of hydrogen-bond acceptors (Lipinski definition) is 9. The summed E-state index contributed by atoms with van der Waals surface area (Å²) in [6.45, 7) is 3.48. The van der Waals surface area contributed by atoms with Gasteiger partial charge in [0.25, 0.3) is 0 Å². The van der Waals surface area contributed by atoms with Crippen LogP contribution in [0.4, 0.5) is 23.1 Å². The summed E-state index contributed by atoms with van der Waals surface area (Å²) in [7, 11) is 0. The Morgan fingerprint density at radius 3 is 2.91 bits per heavy atom. The number of aliphatic hydroxyl groups is 1. The van der Waals surface area contributed by atoms with Crippen LogP contribution in [-0.2, 0) is 17.8 Å². The molecule has 0 saturated carbocycles. The molecule has 1 amide bonds. The van der Waals surface area contributed by atoms with Crippen molar-refractivity contribution in [2.24, 2.45) is 0 Å². The first-order valence-corrected chi connectivity index (χ1v) is 11.5. The molecule has 0 bridgehead atoms. The van der Waals surface area contributed by atoms with Crippen molar-refractivity contribution in [3.05, 3.63) is 47.5 Å². The van der Waals surface area contributed by atoms with E-state index in [9.17, 15) is 9.90 Å². The van der Waals surface area contributed by atoms with Gasteiger partial charge in [0.2, 0.25) is 5.91 Å². The van der Waals surface area contributed by atoms with E-state index in [0.717, 1.165) is 39.7 Å². The molecular formula is C24H25N9O2. The smallest absolute Gasteiger partial charge is 0.241 e. The van der Waals surface area contributed by atoms with Crippen molar-refractivity contribution < 1.29 is 9.90 Å². The van der Waals surface area contributed by atoms with Gasteiger partial charge in [-0.05, 0) is 36.4 Å². The molecule has 0 saturated heterocycles. The molecule has 35 heavy (non-hydrogen) atoms. The molecule has 0 aromatic carbocycles. The van der Waals surface area contributed by atoms with E-state index in [-0.39, 0.29) is 12.5 Å². The fourth-order valence-electron chi connectivity index (χ4n) is 4.71. The number of amides is 1. The summed E-state index contributed by atoms with van der Waals surface area (Å²) < 4.78 is 1.71. The van der Waals surface area contributed by atoms with Crippen LogP contribution in [0.2, 0.25) is 0 Å². The Hall–Kier alpha value is -4.25. The summed E-state index contributed by atoms with van der Waals surface area (Å²) in [5, 5.41) is 25.8. The molecule has 4 aromatic heterocycles. The number of nitrogens with two attached hydrogens (primary N) is 1. The SMILES string of the molecule is Cc1c(-c2cc3cc(Nc4cc5n(n4)CC(=O)NCC5)ncc3c(N)n2)cnc2c1NCC[C@H]2O. The van der Waals surface area contributed by atoms with E-state index in [0.29, 0.717) is 48.4 Å². The molecule has 0 fully saturated rings. The second-order valence-corrected chi connectivity index (χ2v) is 8.88. The van der Waals surface area contributed by atoms with E-state index in [1.807, 2.05) is 25.1 Å². The molecule has 2 aliphatic rings. The second kappa shape index (κ2) is 8.20. The third-order valence-electron chi connectivity index (χ3n) is 6.54. The van der Waals surface area contributed by atoms with E-state index in [1.165, 1.54) is 0 Å². The number of aromatic nitrogens is 5. The van der Waals surface area contributed by atoms with Gasteiger partial charge < -0.3 is 26.8 Å². The highest BCUT2D eigenvalue weighted by atomic mass is 16.3. The predicted octanol–water partition coefficient (Wildman–Crippen LogP) is 2.04. The van der Waals surface area contributed by atoms with Gasteiger partial charge in [-0.2, -0.15) is 5.10 Å². The molecule has 0 radical (unpaired) electrons. The van der Waals surface area contributed by atoms with Crippen molar-refractivity contribution in [1.29, 1.82) is 0 Å². The molecule has 0 unspecified atom stereocenters. The Balaban J connectivity index is 1.35. The van der Waals surface area contributed by atoms with Gasteiger partial charge in [0.1, 0.15) is 18.2 Å². The van der Waals surface area contributed by atoms with Crippen molar-refractivity contribution in [1.82, 2.24) is 30.0 Å². The van der Waals surface area contributed by atoms with Crippen molar-refractivity contribution >= 4 is 39.8 Å². The van der Waals surface area contributed by atoms with Crippen LogP contribution in [0.25, 0.3) is 22.0 Å². The quantitative estimate of drug-likeness (QED) is 0.302. The Bertz CT molecular complexity index is 1480. The van der Waals surface area contributed by atoms with Crippen molar-refractivity contribution in [3.63, 3.8) is 0 Å². The number of rotatable bonds is 3. The lowest BCUT2D eigenvalue weighted by Gasteiger charge is -2.24. The first-order valence-electron chi connectivity index (χ1n) is 11.5. The number of fused-ring (bicyclic) bond motifs is 3. The molecule has 0 aliphatic carbocycles. The van der Waals surface area contributed by atoms with E-state index >= 15 is 0 Å². The molecule has 6 N–H and O–H groups in total. The van der Waals surface area contributed by atoms with Crippen molar-refractivity contribution in [2.75, 3.05) is 29.5 Å². The average Bonchev–Trinajstić information content (AvgIpc) is 3.11. The van der Waals surface area contributed by atoms with Crippen molar-refractivity contribution in [3.8, 4) is 11.3 Å². The van der Waals surface area contributed by atoms with Crippen LogP contribution in [0.3, 0.4) is 0 Å². The maximum absolute atomic E-state index is 11.8. The fraction of sp³-hybridized carbons (Fsp3) is 0.292. The van der Waals surface area contributed by atoms with Crippen LogP contribution in [0.5, 0.6) is 0 Å². The largest absolute Gasteiger partial charge is 0.387 e. The first-order chi connectivity index (χ1) is 17.0. The number of nitrogens with one attached hydrogen (secondary N) is 3. The van der Waals surface area contributed by atoms with E-state index in [2.05, 4.69) is 36.0 Å². The summed E-state index contributed by atoms with van der Waals surface area (Å²) in [5.41, 5.74) is 11.3. The Labute approximate surface area is 200 Å². The van der Waals surface area contributed by atoms with Crippen LogP contribution in [0, 0.1) is 6.92 Å². The maximum Gasteiger partial charge on any atom is 0.241 e. The first kappa shape index (κ1) is 21.3. The molecule has 0 spiro atoms. The number of nitrogen functional groups attached to an aromatic ring is 1. The Kier molecular flexibility index (Phi) is 4.99. The predicted molar refractivity (Wildman–Crippen MR) is 132 cm³/mol. The average molecular weight is 472 g/mol. The summed E-state index contributed by atoms with van der Waals surface area (Å²) in [6.07, 6.45) is 4.22. The molecule has 6 rings (SSSR count). The Morgan fingerprint density at radius 1 is 1.14 bits per heavy atom. The van der Waals surface area contributed by atoms with Gasteiger partial charge in [-0.15, -0.1) is 0 Å². The van der Waals surface area contributed by atoms with Crippen LogP contribution in [0.15, 0.2) is 30.6 Å². The second-order valence-electron chi connectivity index (χ2n) is 8.88. The van der Waals surface area contributed by atoms with Gasteiger partial charge in [0.05, 0.1) is 23.2 Å². The van der Waals surface area contributed by atoms with E-state index < -0.39 is 6.10 Å².